The van der Waals surface area contributed by atoms with Gasteiger partial charge in [-0.2, -0.15) is 0 Å². The van der Waals surface area contributed by atoms with E-state index in [9.17, 15) is 8.42 Å². The van der Waals surface area contributed by atoms with Crippen LogP contribution in [-0.2, 0) is 10.0 Å². The molecule has 1 aromatic carbocycles. The molecule has 0 aliphatic heterocycles. The van der Waals surface area contributed by atoms with Crippen molar-refractivity contribution in [1.29, 1.82) is 0 Å². The highest BCUT2D eigenvalue weighted by atomic mass is 79.9. The molecule has 0 amide bonds. The Labute approximate surface area is 137 Å². The van der Waals surface area contributed by atoms with Gasteiger partial charge in [0.05, 0.1) is 8.81 Å². The van der Waals surface area contributed by atoms with Gasteiger partial charge in [0.1, 0.15) is 4.21 Å². The predicted octanol–water partition coefficient (Wildman–Crippen LogP) is 5.18. The van der Waals surface area contributed by atoms with E-state index < -0.39 is 10.0 Å². The second-order valence-electron chi connectivity index (χ2n) is 3.97. The van der Waals surface area contributed by atoms with Crippen molar-refractivity contribution < 1.29 is 8.42 Å². The van der Waals surface area contributed by atoms with Crippen LogP contribution in [0.15, 0.2) is 43.7 Å². The number of hydrogen-bond donors (Lipinski definition) is 1. The average molecular weight is 409 g/mol. The number of rotatable bonds is 3. The second kappa shape index (κ2) is 5.31. The Bertz CT molecular complexity index is 866. The van der Waals surface area contributed by atoms with E-state index in [1.165, 1.54) is 6.07 Å². The molecule has 0 spiro atoms. The van der Waals surface area contributed by atoms with Gasteiger partial charge in [-0.15, -0.1) is 22.7 Å². The molecule has 2 aromatic heterocycles. The van der Waals surface area contributed by atoms with Gasteiger partial charge in [-0.05, 0) is 57.0 Å². The van der Waals surface area contributed by atoms with Gasteiger partial charge in [-0.25, -0.2) is 8.42 Å². The highest BCUT2D eigenvalue weighted by Gasteiger charge is 2.19. The molecule has 0 unspecified atom stereocenters. The molecule has 20 heavy (non-hydrogen) atoms. The average Bonchev–Trinajstić information content (AvgIpc) is 2.96. The van der Waals surface area contributed by atoms with Crippen molar-refractivity contribution in [3.05, 3.63) is 44.5 Å². The van der Waals surface area contributed by atoms with Crippen molar-refractivity contribution in [2.75, 3.05) is 4.72 Å². The Hall–Kier alpha value is -0.600. The second-order valence-corrected chi connectivity index (χ2v) is 9.60. The molecule has 3 rings (SSSR count). The fourth-order valence-electron chi connectivity index (χ4n) is 1.69. The number of sulfonamides is 1. The van der Waals surface area contributed by atoms with E-state index in [0.29, 0.717) is 14.5 Å². The van der Waals surface area contributed by atoms with Crippen LogP contribution in [0, 0.1) is 0 Å². The first-order chi connectivity index (χ1) is 9.45. The summed E-state index contributed by atoms with van der Waals surface area (Å²) in [5.74, 6) is 0. The third-order valence-electron chi connectivity index (χ3n) is 2.59. The van der Waals surface area contributed by atoms with Crippen LogP contribution in [0.3, 0.4) is 0 Å². The van der Waals surface area contributed by atoms with Gasteiger partial charge in [-0.1, -0.05) is 11.6 Å². The molecule has 0 fully saturated rings. The van der Waals surface area contributed by atoms with Gasteiger partial charge < -0.3 is 0 Å². The third-order valence-corrected chi connectivity index (χ3v) is 7.82. The fraction of sp³-hybridized carbons (Fsp3) is 0. The quantitative estimate of drug-likeness (QED) is 0.649. The fourth-order valence-corrected chi connectivity index (χ4v) is 5.91. The van der Waals surface area contributed by atoms with E-state index in [-0.39, 0.29) is 4.21 Å². The number of benzene rings is 1. The molecule has 0 bridgehead atoms. The minimum atomic E-state index is -3.61. The molecule has 0 saturated heterocycles. The van der Waals surface area contributed by atoms with Crippen molar-refractivity contribution in [1.82, 2.24) is 0 Å². The Morgan fingerprint density at radius 1 is 1.20 bits per heavy atom. The van der Waals surface area contributed by atoms with Crippen molar-refractivity contribution in [2.24, 2.45) is 0 Å². The van der Waals surface area contributed by atoms with Crippen LogP contribution in [0.5, 0.6) is 0 Å². The summed E-state index contributed by atoms with van der Waals surface area (Å²) in [5.41, 5.74) is 0.538. The van der Waals surface area contributed by atoms with Gasteiger partial charge in [0.25, 0.3) is 10.0 Å². The normalized spacial score (nSPS) is 11.9. The highest BCUT2D eigenvalue weighted by Crippen LogP contribution is 2.35. The summed E-state index contributed by atoms with van der Waals surface area (Å²) >= 11 is 11.8. The lowest BCUT2D eigenvalue weighted by molar-refractivity contribution is 0.603. The lowest BCUT2D eigenvalue weighted by Crippen LogP contribution is -2.11. The Kier molecular flexibility index (Phi) is 3.81. The molecule has 3 aromatic rings. The summed E-state index contributed by atoms with van der Waals surface area (Å²) in [6, 6.07) is 8.85. The SMILES string of the molecule is O=S(=O)(Nc1ccc2sccc2c1)c1cc(Cl)c(Br)s1. The maximum absolute atomic E-state index is 12.3. The first-order valence-electron chi connectivity index (χ1n) is 5.41. The summed E-state index contributed by atoms with van der Waals surface area (Å²) in [5, 5.41) is 3.38. The number of fused-ring (bicyclic) bond motifs is 1. The Balaban J connectivity index is 1.96. The number of hydrogen-bond acceptors (Lipinski definition) is 4. The molecule has 2 heterocycles. The topological polar surface area (TPSA) is 46.2 Å². The van der Waals surface area contributed by atoms with Gasteiger partial charge in [0, 0.05) is 10.4 Å². The lowest BCUT2D eigenvalue weighted by Gasteiger charge is -2.06. The van der Waals surface area contributed by atoms with Crippen LogP contribution in [0.1, 0.15) is 0 Å². The van der Waals surface area contributed by atoms with Crippen LogP contribution >= 0.6 is 50.2 Å². The van der Waals surface area contributed by atoms with E-state index in [2.05, 4.69) is 20.7 Å². The summed E-state index contributed by atoms with van der Waals surface area (Å²) in [6.07, 6.45) is 0. The summed E-state index contributed by atoms with van der Waals surface area (Å²) in [7, 11) is -3.61. The summed E-state index contributed by atoms with van der Waals surface area (Å²) in [4.78, 5) is 0. The molecule has 8 heteroatoms. The zero-order valence-electron chi connectivity index (χ0n) is 9.76. The molecule has 0 aliphatic rings. The monoisotopic (exact) mass is 407 g/mol. The summed E-state index contributed by atoms with van der Waals surface area (Å²) in [6.45, 7) is 0. The molecule has 1 N–H and O–H groups in total. The van der Waals surface area contributed by atoms with Gasteiger partial charge in [0.2, 0.25) is 0 Å². The van der Waals surface area contributed by atoms with E-state index >= 15 is 0 Å². The zero-order chi connectivity index (χ0) is 14.3. The lowest BCUT2D eigenvalue weighted by atomic mass is 10.2. The zero-order valence-corrected chi connectivity index (χ0v) is 14.6. The molecular formula is C12H7BrClNO2S3. The van der Waals surface area contributed by atoms with Gasteiger partial charge >= 0.3 is 0 Å². The van der Waals surface area contributed by atoms with Crippen LogP contribution in [0.25, 0.3) is 10.1 Å². The number of nitrogens with one attached hydrogen (secondary N) is 1. The largest absolute Gasteiger partial charge is 0.279 e. The first-order valence-corrected chi connectivity index (χ1v) is 9.76. The predicted molar refractivity (Wildman–Crippen MR) is 89.7 cm³/mol. The number of anilines is 1. The highest BCUT2D eigenvalue weighted by molar-refractivity contribution is 9.11. The Morgan fingerprint density at radius 2 is 2.00 bits per heavy atom. The molecule has 3 nitrogen and oxygen atoms in total. The van der Waals surface area contributed by atoms with Crippen LogP contribution in [-0.4, -0.2) is 8.42 Å². The number of halogens is 2. The van der Waals surface area contributed by atoms with E-state index in [4.69, 9.17) is 11.6 Å². The van der Waals surface area contributed by atoms with Crippen molar-refractivity contribution in [3.63, 3.8) is 0 Å². The van der Waals surface area contributed by atoms with Crippen LogP contribution in [0.4, 0.5) is 5.69 Å². The molecule has 0 atom stereocenters. The molecule has 104 valence electrons. The van der Waals surface area contributed by atoms with Crippen molar-refractivity contribution in [3.8, 4) is 0 Å². The minimum Gasteiger partial charge on any atom is -0.279 e. The van der Waals surface area contributed by atoms with Crippen molar-refractivity contribution in [2.45, 2.75) is 4.21 Å². The minimum absolute atomic E-state index is 0.180. The van der Waals surface area contributed by atoms with Gasteiger partial charge in [0.15, 0.2) is 0 Å². The molecule has 0 radical (unpaired) electrons. The molecule has 0 saturated carbocycles. The van der Waals surface area contributed by atoms with Gasteiger partial charge in [-0.3, -0.25) is 4.72 Å². The van der Waals surface area contributed by atoms with E-state index in [0.717, 1.165) is 21.4 Å². The molecule has 0 aliphatic carbocycles. The third kappa shape index (κ3) is 2.73. The van der Waals surface area contributed by atoms with E-state index in [1.54, 1.807) is 17.4 Å². The molecular weight excluding hydrogens is 402 g/mol. The van der Waals surface area contributed by atoms with Crippen LogP contribution < -0.4 is 4.72 Å². The summed E-state index contributed by atoms with van der Waals surface area (Å²) < 4.78 is 29.0. The van der Waals surface area contributed by atoms with Crippen molar-refractivity contribution >= 4 is 76.0 Å². The maximum atomic E-state index is 12.3. The van der Waals surface area contributed by atoms with E-state index in [1.807, 2.05) is 23.6 Å². The Morgan fingerprint density at radius 3 is 2.70 bits per heavy atom. The maximum Gasteiger partial charge on any atom is 0.271 e. The number of thiophene rings is 2. The first kappa shape index (κ1) is 14.3. The van der Waals surface area contributed by atoms with Crippen LogP contribution in [0.2, 0.25) is 5.02 Å². The standard InChI is InChI=1S/C12H7BrClNO2S3/c13-12-9(14)6-11(19-12)20(16,17)15-8-1-2-10-7(5-8)3-4-18-10/h1-6,15H. The smallest absolute Gasteiger partial charge is 0.271 e.